The van der Waals surface area contributed by atoms with E-state index in [0.717, 1.165) is 39.1 Å². The highest BCUT2D eigenvalue weighted by Crippen LogP contribution is 2.21. The van der Waals surface area contributed by atoms with E-state index < -0.39 is 0 Å². The summed E-state index contributed by atoms with van der Waals surface area (Å²) in [5.74, 6) is 0.300. The zero-order valence-electron chi connectivity index (χ0n) is 12.4. The Morgan fingerprint density at radius 2 is 1.85 bits per heavy atom. The molecule has 1 atom stereocenters. The molecule has 1 aromatic rings. The molecule has 0 aliphatic carbocycles. The molecule has 2 heterocycles. The van der Waals surface area contributed by atoms with Crippen LogP contribution in [0, 0.1) is 6.92 Å². The molecule has 0 saturated carbocycles. The first-order valence-electron chi connectivity index (χ1n) is 7.46. The van der Waals surface area contributed by atoms with E-state index in [1.54, 1.807) is 0 Å². The second-order valence-corrected chi connectivity index (χ2v) is 5.93. The Kier molecular flexibility index (Phi) is 3.66. The van der Waals surface area contributed by atoms with E-state index in [9.17, 15) is 4.79 Å². The number of rotatable bonds is 2. The number of amides is 1. The summed E-state index contributed by atoms with van der Waals surface area (Å²) in [5, 5.41) is 0. The summed E-state index contributed by atoms with van der Waals surface area (Å²) in [5.41, 5.74) is 2.61. The molecular weight excluding hydrogens is 250 g/mol. The van der Waals surface area contributed by atoms with Gasteiger partial charge in [-0.25, -0.2) is 0 Å². The lowest BCUT2D eigenvalue weighted by atomic mass is 10.1. The Hall–Kier alpha value is -1.55. The van der Waals surface area contributed by atoms with Gasteiger partial charge in [0.1, 0.15) is 0 Å². The topological polar surface area (TPSA) is 26.8 Å². The number of anilines is 1. The summed E-state index contributed by atoms with van der Waals surface area (Å²) in [4.78, 5) is 18.7. The highest BCUT2D eigenvalue weighted by molar-refractivity contribution is 5.83. The van der Waals surface area contributed by atoms with Gasteiger partial charge in [-0.2, -0.15) is 0 Å². The normalized spacial score (nSPS) is 24.5. The monoisotopic (exact) mass is 273 g/mol. The van der Waals surface area contributed by atoms with Gasteiger partial charge in [0.05, 0.1) is 6.04 Å². The summed E-state index contributed by atoms with van der Waals surface area (Å²) in [6, 6.07) is 8.79. The third kappa shape index (κ3) is 2.52. The van der Waals surface area contributed by atoms with Crippen molar-refractivity contribution in [1.29, 1.82) is 0 Å². The first kappa shape index (κ1) is 13.4. The zero-order chi connectivity index (χ0) is 14.1. The van der Waals surface area contributed by atoms with Crippen LogP contribution in [-0.2, 0) is 4.79 Å². The van der Waals surface area contributed by atoms with Gasteiger partial charge >= 0.3 is 0 Å². The molecule has 0 N–H and O–H groups in total. The summed E-state index contributed by atoms with van der Waals surface area (Å²) >= 11 is 0. The third-order valence-electron chi connectivity index (χ3n) is 4.52. The molecule has 1 aromatic carbocycles. The average Bonchev–Trinajstić information content (AvgIpc) is 2.79. The van der Waals surface area contributed by atoms with E-state index >= 15 is 0 Å². The summed E-state index contributed by atoms with van der Waals surface area (Å²) < 4.78 is 0. The van der Waals surface area contributed by atoms with E-state index in [2.05, 4.69) is 41.0 Å². The molecule has 108 valence electrons. The minimum Gasteiger partial charge on any atom is -0.369 e. The third-order valence-corrected chi connectivity index (χ3v) is 4.52. The van der Waals surface area contributed by atoms with Gasteiger partial charge in [0.2, 0.25) is 5.91 Å². The second kappa shape index (κ2) is 5.44. The van der Waals surface area contributed by atoms with E-state index in [0.29, 0.717) is 5.91 Å². The van der Waals surface area contributed by atoms with Crippen LogP contribution in [0.2, 0.25) is 0 Å². The van der Waals surface area contributed by atoms with Crippen molar-refractivity contribution in [3.05, 3.63) is 29.8 Å². The Morgan fingerprint density at radius 3 is 2.45 bits per heavy atom. The molecule has 2 fully saturated rings. The van der Waals surface area contributed by atoms with Crippen molar-refractivity contribution in [2.75, 3.05) is 44.7 Å². The van der Waals surface area contributed by atoms with Crippen LogP contribution < -0.4 is 4.90 Å². The van der Waals surface area contributed by atoms with Gasteiger partial charge in [-0.3, -0.25) is 9.69 Å². The van der Waals surface area contributed by atoms with Gasteiger partial charge in [-0.05, 0) is 31.0 Å². The molecule has 0 spiro atoms. The maximum Gasteiger partial charge on any atom is 0.239 e. The van der Waals surface area contributed by atoms with Crippen LogP contribution in [0.1, 0.15) is 12.0 Å². The van der Waals surface area contributed by atoms with E-state index in [1.807, 2.05) is 11.9 Å². The fourth-order valence-corrected chi connectivity index (χ4v) is 3.26. The predicted octanol–water partition coefficient (Wildman–Crippen LogP) is 1.35. The Balaban J connectivity index is 1.61. The maximum absolute atomic E-state index is 12.1. The van der Waals surface area contributed by atoms with Crippen molar-refractivity contribution in [3.63, 3.8) is 0 Å². The summed E-state index contributed by atoms with van der Waals surface area (Å²) in [7, 11) is 1.91. The summed E-state index contributed by atoms with van der Waals surface area (Å²) in [6.45, 7) is 7.03. The van der Waals surface area contributed by atoms with Crippen LogP contribution in [0.4, 0.5) is 5.69 Å². The van der Waals surface area contributed by atoms with Crippen molar-refractivity contribution in [2.24, 2.45) is 0 Å². The fourth-order valence-electron chi connectivity index (χ4n) is 3.26. The van der Waals surface area contributed by atoms with E-state index in [1.165, 1.54) is 11.3 Å². The SMILES string of the molecule is Cc1cccc(N2CCN(C3CCN(C)C3=O)CC2)c1. The lowest BCUT2D eigenvalue weighted by Crippen LogP contribution is -2.52. The Labute approximate surface area is 121 Å². The molecule has 20 heavy (non-hydrogen) atoms. The quantitative estimate of drug-likeness (QED) is 0.814. The fraction of sp³-hybridized carbons (Fsp3) is 0.562. The highest BCUT2D eigenvalue weighted by atomic mass is 16.2. The van der Waals surface area contributed by atoms with Crippen molar-refractivity contribution >= 4 is 11.6 Å². The standard InChI is InChI=1S/C16H23N3O/c1-13-4-3-5-14(12-13)18-8-10-19(11-9-18)15-6-7-17(2)16(15)20/h3-5,12,15H,6-11H2,1-2H3. The minimum absolute atomic E-state index is 0.125. The molecule has 4 nitrogen and oxygen atoms in total. The van der Waals surface area contributed by atoms with Gasteiger partial charge in [-0.1, -0.05) is 12.1 Å². The number of likely N-dealkylation sites (N-methyl/N-ethyl adjacent to an activating group) is 1. The van der Waals surface area contributed by atoms with E-state index in [4.69, 9.17) is 0 Å². The number of hydrogen-bond acceptors (Lipinski definition) is 3. The molecule has 0 bridgehead atoms. The molecule has 0 aromatic heterocycles. The van der Waals surface area contributed by atoms with Crippen LogP contribution in [0.25, 0.3) is 0 Å². The lowest BCUT2D eigenvalue weighted by Gasteiger charge is -2.38. The van der Waals surface area contributed by atoms with E-state index in [-0.39, 0.29) is 6.04 Å². The Morgan fingerprint density at radius 1 is 1.10 bits per heavy atom. The molecule has 2 aliphatic rings. The smallest absolute Gasteiger partial charge is 0.239 e. The van der Waals surface area contributed by atoms with Gasteiger partial charge in [-0.15, -0.1) is 0 Å². The average molecular weight is 273 g/mol. The van der Waals surface area contributed by atoms with Crippen LogP contribution in [0.15, 0.2) is 24.3 Å². The molecule has 2 saturated heterocycles. The number of hydrogen-bond donors (Lipinski definition) is 0. The second-order valence-electron chi connectivity index (χ2n) is 5.93. The number of aryl methyl sites for hydroxylation is 1. The number of piperazine rings is 1. The van der Waals surface area contributed by atoms with Crippen LogP contribution >= 0.6 is 0 Å². The van der Waals surface area contributed by atoms with Crippen LogP contribution in [-0.4, -0.2) is 61.5 Å². The van der Waals surface area contributed by atoms with Gasteiger partial charge < -0.3 is 9.80 Å². The molecule has 3 rings (SSSR count). The molecule has 1 unspecified atom stereocenters. The van der Waals surface area contributed by atoms with Crippen molar-refractivity contribution in [3.8, 4) is 0 Å². The van der Waals surface area contributed by atoms with Crippen molar-refractivity contribution in [2.45, 2.75) is 19.4 Å². The number of nitrogens with zero attached hydrogens (tertiary/aromatic N) is 3. The maximum atomic E-state index is 12.1. The molecule has 4 heteroatoms. The number of carbonyl (C=O) groups is 1. The Bertz CT molecular complexity index is 494. The largest absolute Gasteiger partial charge is 0.369 e. The highest BCUT2D eigenvalue weighted by Gasteiger charge is 2.35. The van der Waals surface area contributed by atoms with Gasteiger partial charge in [0.15, 0.2) is 0 Å². The molecular formula is C16H23N3O. The lowest BCUT2D eigenvalue weighted by molar-refractivity contribution is -0.131. The summed E-state index contributed by atoms with van der Waals surface area (Å²) in [6.07, 6.45) is 0.986. The van der Waals surface area contributed by atoms with Crippen LogP contribution in [0.3, 0.4) is 0 Å². The number of carbonyl (C=O) groups excluding carboxylic acids is 1. The first-order valence-corrected chi connectivity index (χ1v) is 7.46. The molecule has 0 radical (unpaired) electrons. The van der Waals surface area contributed by atoms with Gasteiger partial charge in [0.25, 0.3) is 0 Å². The van der Waals surface area contributed by atoms with Gasteiger partial charge in [0, 0.05) is 45.5 Å². The minimum atomic E-state index is 0.125. The predicted molar refractivity (Wildman–Crippen MR) is 81.0 cm³/mol. The number of benzene rings is 1. The number of likely N-dealkylation sites (tertiary alicyclic amines) is 1. The first-order chi connectivity index (χ1) is 9.65. The zero-order valence-corrected chi connectivity index (χ0v) is 12.4. The van der Waals surface area contributed by atoms with Crippen LogP contribution in [0.5, 0.6) is 0 Å². The van der Waals surface area contributed by atoms with Crippen molar-refractivity contribution < 1.29 is 4.79 Å². The molecule has 1 amide bonds. The van der Waals surface area contributed by atoms with Crippen molar-refractivity contribution in [1.82, 2.24) is 9.80 Å². The molecule has 2 aliphatic heterocycles.